The highest BCUT2D eigenvalue weighted by Crippen LogP contribution is 2.32. The van der Waals surface area contributed by atoms with Crippen LogP contribution >= 0.6 is 0 Å². The summed E-state index contributed by atoms with van der Waals surface area (Å²) < 4.78 is 10.7. The molecule has 0 N–H and O–H groups in total. The number of carbonyl (C=O) groups excluding carboxylic acids is 1. The van der Waals surface area contributed by atoms with Crippen LogP contribution in [0, 0.1) is 0 Å². The average molecular weight is 277 g/mol. The number of ether oxygens (including phenoxy) is 2. The van der Waals surface area contributed by atoms with E-state index in [0.717, 1.165) is 11.3 Å². The summed E-state index contributed by atoms with van der Waals surface area (Å²) in [5, 5.41) is 0. The molecule has 4 heteroatoms. The van der Waals surface area contributed by atoms with Crippen molar-refractivity contribution in [2.45, 2.75) is 26.2 Å². The van der Waals surface area contributed by atoms with Crippen LogP contribution in [0.25, 0.3) is 0 Å². The number of morpholine rings is 1. The molecule has 0 atom stereocenters. The third kappa shape index (κ3) is 3.12. The second-order valence-corrected chi connectivity index (χ2v) is 6.07. The fraction of sp³-hybridized carbons (Fsp3) is 0.562. The summed E-state index contributed by atoms with van der Waals surface area (Å²) in [5.41, 5.74) is 1.78. The van der Waals surface area contributed by atoms with Gasteiger partial charge in [0.05, 0.1) is 20.3 Å². The van der Waals surface area contributed by atoms with Crippen molar-refractivity contribution in [3.05, 3.63) is 29.3 Å². The van der Waals surface area contributed by atoms with E-state index in [1.807, 2.05) is 23.1 Å². The number of amides is 1. The van der Waals surface area contributed by atoms with Crippen molar-refractivity contribution in [1.82, 2.24) is 4.90 Å². The minimum atomic E-state index is -0.00805. The summed E-state index contributed by atoms with van der Waals surface area (Å²) in [6.07, 6.45) is 0. The van der Waals surface area contributed by atoms with Crippen molar-refractivity contribution in [3.8, 4) is 5.75 Å². The number of carbonyl (C=O) groups is 1. The summed E-state index contributed by atoms with van der Waals surface area (Å²) in [4.78, 5) is 14.3. The minimum absolute atomic E-state index is 0.00805. The molecule has 4 nitrogen and oxygen atoms in total. The van der Waals surface area contributed by atoms with Crippen molar-refractivity contribution in [1.29, 1.82) is 0 Å². The van der Waals surface area contributed by atoms with Gasteiger partial charge in [0.1, 0.15) is 5.75 Å². The van der Waals surface area contributed by atoms with E-state index in [1.165, 1.54) is 0 Å². The maximum absolute atomic E-state index is 12.4. The molecule has 1 saturated heterocycles. The molecule has 1 heterocycles. The highest BCUT2D eigenvalue weighted by molar-refractivity contribution is 5.94. The highest BCUT2D eigenvalue weighted by Gasteiger charge is 2.23. The van der Waals surface area contributed by atoms with Gasteiger partial charge in [0.15, 0.2) is 0 Å². The number of benzene rings is 1. The van der Waals surface area contributed by atoms with E-state index in [9.17, 15) is 4.79 Å². The van der Waals surface area contributed by atoms with Gasteiger partial charge in [-0.1, -0.05) is 26.8 Å². The topological polar surface area (TPSA) is 38.8 Å². The van der Waals surface area contributed by atoms with Crippen molar-refractivity contribution in [2.24, 2.45) is 0 Å². The fourth-order valence-corrected chi connectivity index (χ4v) is 2.39. The Kier molecular flexibility index (Phi) is 4.33. The lowest BCUT2D eigenvalue weighted by atomic mass is 9.85. The molecule has 1 aliphatic rings. The molecule has 110 valence electrons. The number of methoxy groups -OCH3 is 1. The van der Waals surface area contributed by atoms with Crippen LogP contribution in [0.1, 0.15) is 36.7 Å². The summed E-state index contributed by atoms with van der Waals surface area (Å²) in [7, 11) is 1.65. The monoisotopic (exact) mass is 277 g/mol. The second kappa shape index (κ2) is 5.83. The van der Waals surface area contributed by atoms with E-state index in [-0.39, 0.29) is 11.3 Å². The third-order valence-electron chi connectivity index (χ3n) is 3.55. The Labute approximate surface area is 120 Å². The van der Waals surface area contributed by atoms with Gasteiger partial charge in [0.25, 0.3) is 5.91 Å². The number of hydrogen-bond donors (Lipinski definition) is 0. The quantitative estimate of drug-likeness (QED) is 0.833. The summed E-state index contributed by atoms with van der Waals surface area (Å²) in [6, 6.07) is 5.73. The molecular weight excluding hydrogens is 254 g/mol. The van der Waals surface area contributed by atoms with Crippen molar-refractivity contribution < 1.29 is 14.3 Å². The van der Waals surface area contributed by atoms with Gasteiger partial charge in [0, 0.05) is 18.7 Å². The zero-order valence-corrected chi connectivity index (χ0v) is 12.7. The van der Waals surface area contributed by atoms with Crippen molar-refractivity contribution in [3.63, 3.8) is 0 Å². The van der Waals surface area contributed by atoms with Gasteiger partial charge in [-0.15, -0.1) is 0 Å². The first-order valence-electron chi connectivity index (χ1n) is 6.99. The molecule has 1 amide bonds. The molecule has 1 aromatic carbocycles. The maximum Gasteiger partial charge on any atom is 0.254 e. The molecule has 1 aliphatic heterocycles. The van der Waals surface area contributed by atoms with E-state index in [4.69, 9.17) is 9.47 Å². The largest absolute Gasteiger partial charge is 0.496 e. The SMILES string of the molecule is COc1cc(C(=O)N2CCOCC2)ccc1C(C)(C)C. The zero-order valence-electron chi connectivity index (χ0n) is 12.7. The van der Waals surface area contributed by atoms with Crippen LogP contribution in [0.5, 0.6) is 5.75 Å². The van der Waals surface area contributed by atoms with E-state index >= 15 is 0 Å². The Morgan fingerprint density at radius 2 is 1.90 bits per heavy atom. The maximum atomic E-state index is 12.4. The molecule has 0 saturated carbocycles. The van der Waals surface area contributed by atoms with E-state index in [1.54, 1.807) is 7.11 Å². The molecule has 0 radical (unpaired) electrons. The summed E-state index contributed by atoms with van der Waals surface area (Å²) in [6.45, 7) is 8.94. The van der Waals surface area contributed by atoms with Crippen molar-refractivity contribution >= 4 is 5.91 Å². The van der Waals surface area contributed by atoms with Gasteiger partial charge >= 0.3 is 0 Å². The Morgan fingerprint density at radius 1 is 1.25 bits per heavy atom. The van der Waals surface area contributed by atoms with E-state index in [0.29, 0.717) is 31.9 Å². The lowest BCUT2D eigenvalue weighted by Crippen LogP contribution is -2.40. The Morgan fingerprint density at radius 3 is 2.45 bits per heavy atom. The van der Waals surface area contributed by atoms with Gasteiger partial charge in [-0.3, -0.25) is 4.79 Å². The molecule has 2 rings (SSSR count). The van der Waals surface area contributed by atoms with Crippen LogP contribution in [0.4, 0.5) is 0 Å². The summed E-state index contributed by atoms with van der Waals surface area (Å²) >= 11 is 0. The molecular formula is C16H23NO3. The summed E-state index contributed by atoms with van der Waals surface area (Å²) in [5.74, 6) is 0.823. The lowest BCUT2D eigenvalue weighted by Gasteiger charge is -2.28. The molecule has 0 unspecified atom stereocenters. The van der Waals surface area contributed by atoms with Gasteiger partial charge in [-0.25, -0.2) is 0 Å². The highest BCUT2D eigenvalue weighted by atomic mass is 16.5. The van der Waals surface area contributed by atoms with Crippen LogP contribution < -0.4 is 4.74 Å². The molecule has 1 aromatic rings. The smallest absolute Gasteiger partial charge is 0.254 e. The molecule has 20 heavy (non-hydrogen) atoms. The average Bonchev–Trinajstić information content (AvgIpc) is 2.45. The second-order valence-electron chi connectivity index (χ2n) is 6.07. The van der Waals surface area contributed by atoms with Crippen LogP contribution in [0.3, 0.4) is 0 Å². The van der Waals surface area contributed by atoms with Crippen molar-refractivity contribution in [2.75, 3.05) is 33.4 Å². The van der Waals surface area contributed by atoms with Crippen LogP contribution in [0.15, 0.2) is 18.2 Å². The van der Waals surface area contributed by atoms with E-state index in [2.05, 4.69) is 20.8 Å². The third-order valence-corrected chi connectivity index (χ3v) is 3.55. The standard InChI is InChI=1S/C16H23NO3/c1-16(2,3)13-6-5-12(11-14(13)19-4)15(18)17-7-9-20-10-8-17/h5-6,11H,7-10H2,1-4H3. The van der Waals surface area contributed by atoms with Gasteiger partial charge in [0.2, 0.25) is 0 Å². The molecule has 0 aromatic heterocycles. The Bertz CT molecular complexity index is 485. The van der Waals surface area contributed by atoms with Gasteiger partial charge in [-0.05, 0) is 23.1 Å². The normalized spacial score (nSPS) is 16.1. The first-order valence-corrected chi connectivity index (χ1v) is 6.99. The first kappa shape index (κ1) is 14.9. The Balaban J connectivity index is 2.27. The van der Waals surface area contributed by atoms with Crippen LogP contribution in [0.2, 0.25) is 0 Å². The predicted octanol–water partition coefficient (Wildman–Crippen LogP) is 2.47. The predicted molar refractivity (Wildman–Crippen MR) is 78.4 cm³/mol. The lowest BCUT2D eigenvalue weighted by molar-refractivity contribution is 0.0302. The number of nitrogens with zero attached hydrogens (tertiary/aromatic N) is 1. The van der Waals surface area contributed by atoms with E-state index < -0.39 is 0 Å². The molecule has 0 aliphatic carbocycles. The molecule has 0 spiro atoms. The van der Waals surface area contributed by atoms with Gasteiger partial charge in [-0.2, -0.15) is 0 Å². The first-order chi connectivity index (χ1) is 9.43. The molecule has 1 fully saturated rings. The fourth-order valence-electron chi connectivity index (χ4n) is 2.39. The molecule has 0 bridgehead atoms. The Hall–Kier alpha value is -1.55. The number of rotatable bonds is 2. The van der Waals surface area contributed by atoms with Crippen LogP contribution in [-0.2, 0) is 10.2 Å². The minimum Gasteiger partial charge on any atom is -0.496 e. The zero-order chi connectivity index (χ0) is 14.8. The van der Waals surface area contributed by atoms with Gasteiger partial charge < -0.3 is 14.4 Å². The van der Waals surface area contributed by atoms with Crippen LogP contribution in [-0.4, -0.2) is 44.2 Å². The number of hydrogen-bond acceptors (Lipinski definition) is 3.